The number of aryl methyl sites for hydroxylation is 1. The Morgan fingerprint density at radius 3 is 2.83 bits per heavy atom. The topological polar surface area (TPSA) is 48.0 Å². The van der Waals surface area contributed by atoms with Gasteiger partial charge in [0.2, 0.25) is 5.16 Å². The van der Waals surface area contributed by atoms with E-state index in [-0.39, 0.29) is 0 Å². The highest BCUT2D eigenvalue weighted by Gasteiger charge is 2.15. The van der Waals surface area contributed by atoms with Gasteiger partial charge in [-0.25, -0.2) is 4.98 Å². The van der Waals surface area contributed by atoms with Gasteiger partial charge in [-0.3, -0.25) is 0 Å². The van der Waals surface area contributed by atoms with Gasteiger partial charge in [0.1, 0.15) is 5.52 Å². The maximum atomic E-state index is 4.77. The zero-order valence-electron chi connectivity index (χ0n) is 13.5. The van der Waals surface area contributed by atoms with Crippen molar-refractivity contribution in [1.29, 1.82) is 0 Å². The number of hydrogen-bond acceptors (Lipinski definition) is 4. The van der Waals surface area contributed by atoms with Crippen molar-refractivity contribution >= 4 is 33.8 Å². The number of aromatic nitrogens is 4. The second-order valence-corrected chi connectivity index (χ2v) is 7.31. The summed E-state index contributed by atoms with van der Waals surface area (Å²) in [7, 11) is 2.02. The van der Waals surface area contributed by atoms with Crippen molar-refractivity contribution in [1.82, 2.24) is 19.7 Å². The summed E-state index contributed by atoms with van der Waals surface area (Å²) >= 11 is 1.73. The number of para-hydroxylation sites is 1. The van der Waals surface area contributed by atoms with Crippen LogP contribution >= 0.6 is 11.8 Å². The van der Waals surface area contributed by atoms with Gasteiger partial charge in [0.15, 0.2) is 5.65 Å². The Morgan fingerprint density at radius 1 is 1.13 bits per heavy atom. The van der Waals surface area contributed by atoms with Crippen molar-refractivity contribution in [2.24, 2.45) is 7.05 Å². The van der Waals surface area contributed by atoms with Gasteiger partial charge in [-0.1, -0.05) is 30.0 Å². The number of fused-ring (bicyclic) bond motifs is 3. The summed E-state index contributed by atoms with van der Waals surface area (Å²) < 4.78 is 2.07. The lowest BCUT2D eigenvalue weighted by Crippen LogP contribution is -3.13. The predicted octanol–water partition coefficient (Wildman–Crippen LogP) is 1.68. The Balaban J connectivity index is 1.53. The third-order valence-corrected chi connectivity index (χ3v) is 5.57. The van der Waals surface area contributed by atoms with E-state index >= 15 is 0 Å². The molecule has 1 N–H and O–H groups in total. The number of quaternary nitrogens is 1. The Labute approximate surface area is 140 Å². The van der Waals surface area contributed by atoms with Crippen molar-refractivity contribution in [3.63, 3.8) is 0 Å². The van der Waals surface area contributed by atoms with E-state index in [1.807, 2.05) is 13.1 Å². The number of likely N-dealkylation sites (tertiary alicyclic amines) is 1. The van der Waals surface area contributed by atoms with Crippen molar-refractivity contribution in [3.05, 3.63) is 24.3 Å². The molecule has 23 heavy (non-hydrogen) atoms. The van der Waals surface area contributed by atoms with E-state index in [1.165, 1.54) is 38.9 Å². The molecule has 0 bridgehead atoms. The van der Waals surface area contributed by atoms with E-state index in [1.54, 1.807) is 16.7 Å². The van der Waals surface area contributed by atoms with Crippen LogP contribution in [0.1, 0.15) is 19.3 Å². The zero-order chi connectivity index (χ0) is 15.6. The van der Waals surface area contributed by atoms with Crippen molar-refractivity contribution in [3.8, 4) is 0 Å². The van der Waals surface area contributed by atoms with E-state index in [2.05, 4.69) is 33.0 Å². The summed E-state index contributed by atoms with van der Waals surface area (Å²) in [5, 5.41) is 10.7. The molecule has 1 aliphatic rings. The standard InChI is InChI=1S/C17H21N5S/c1-21-14-8-4-3-7-13(14)15-16(21)19-20-17(18-15)23-12-11-22-9-5-2-6-10-22/h3-4,7-8H,2,5-6,9-12H2,1H3/p+1. The fourth-order valence-corrected chi connectivity index (χ4v) is 4.27. The SMILES string of the molecule is Cn1c2ccccc2c2nc(SCC[NH+]3CCCCC3)nnc21. The summed E-state index contributed by atoms with van der Waals surface area (Å²) in [5.74, 6) is 1.06. The van der Waals surface area contributed by atoms with E-state index in [4.69, 9.17) is 4.98 Å². The molecule has 0 unspecified atom stereocenters. The molecular weight excluding hydrogens is 306 g/mol. The number of piperidine rings is 1. The first-order valence-electron chi connectivity index (χ1n) is 8.37. The molecule has 6 heteroatoms. The summed E-state index contributed by atoms with van der Waals surface area (Å²) in [6, 6.07) is 8.31. The molecule has 3 aromatic rings. The molecule has 0 radical (unpaired) electrons. The molecule has 4 rings (SSSR count). The number of benzene rings is 1. The maximum absolute atomic E-state index is 4.77. The van der Waals surface area contributed by atoms with Crippen LogP contribution in [0.2, 0.25) is 0 Å². The van der Waals surface area contributed by atoms with Crippen LogP contribution in [0, 0.1) is 0 Å². The Bertz CT molecular complexity index is 822. The molecule has 0 amide bonds. The lowest BCUT2D eigenvalue weighted by atomic mass is 10.1. The minimum absolute atomic E-state index is 0.797. The molecule has 0 spiro atoms. The van der Waals surface area contributed by atoms with Gasteiger partial charge < -0.3 is 9.47 Å². The number of thioether (sulfide) groups is 1. The van der Waals surface area contributed by atoms with Crippen LogP contribution in [0.25, 0.3) is 22.1 Å². The highest BCUT2D eigenvalue weighted by Crippen LogP contribution is 2.25. The molecule has 3 heterocycles. The minimum atomic E-state index is 0.797. The van der Waals surface area contributed by atoms with Crippen molar-refractivity contribution in [2.45, 2.75) is 24.4 Å². The Morgan fingerprint density at radius 2 is 1.96 bits per heavy atom. The van der Waals surface area contributed by atoms with Gasteiger partial charge in [-0.2, -0.15) is 0 Å². The third-order valence-electron chi connectivity index (χ3n) is 4.74. The monoisotopic (exact) mass is 328 g/mol. The Kier molecular flexibility index (Phi) is 4.18. The highest BCUT2D eigenvalue weighted by atomic mass is 32.2. The van der Waals surface area contributed by atoms with Crippen LogP contribution < -0.4 is 4.90 Å². The number of nitrogens with zero attached hydrogens (tertiary/aromatic N) is 4. The van der Waals surface area contributed by atoms with Crippen LogP contribution in [-0.4, -0.2) is 45.1 Å². The lowest BCUT2D eigenvalue weighted by Gasteiger charge is -2.22. The molecule has 1 aliphatic heterocycles. The van der Waals surface area contributed by atoms with E-state index in [9.17, 15) is 0 Å². The van der Waals surface area contributed by atoms with Crippen LogP contribution in [0.4, 0.5) is 0 Å². The largest absolute Gasteiger partial charge is 0.334 e. The average molecular weight is 328 g/mol. The van der Waals surface area contributed by atoms with E-state index in [0.29, 0.717) is 0 Å². The fourth-order valence-electron chi connectivity index (χ4n) is 3.44. The van der Waals surface area contributed by atoms with Crippen LogP contribution in [0.3, 0.4) is 0 Å². The zero-order valence-corrected chi connectivity index (χ0v) is 14.3. The van der Waals surface area contributed by atoms with Crippen molar-refractivity contribution < 1.29 is 4.90 Å². The van der Waals surface area contributed by atoms with Gasteiger partial charge in [0.25, 0.3) is 0 Å². The van der Waals surface area contributed by atoms with E-state index < -0.39 is 0 Å². The van der Waals surface area contributed by atoms with E-state index in [0.717, 1.165) is 33.0 Å². The second kappa shape index (κ2) is 6.45. The fraction of sp³-hybridized carbons (Fsp3) is 0.471. The quantitative estimate of drug-likeness (QED) is 0.740. The molecule has 5 nitrogen and oxygen atoms in total. The smallest absolute Gasteiger partial charge is 0.210 e. The van der Waals surface area contributed by atoms with Crippen molar-refractivity contribution in [2.75, 3.05) is 25.4 Å². The molecule has 1 aromatic carbocycles. The summed E-state index contributed by atoms with van der Waals surface area (Å²) in [5.41, 5.74) is 2.98. The van der Waals surface area contributed by atoms with Crippen LogP contribution in [-0.2, 0) is 7.05 Å². The molecular formula is C17H22N5S+. The van der Waals surface area contributed by atoms with Gasteiger partial charge >= 0.3 is 0 Å². The number of hydrogen-bond donors (Lipinski definition) is 1. The molecule has 0 saturated carbocycles. The average Bonchev–Trinajstić information content (AvgIpc) is 2.89. The second-order valence-electron chi connectivity index (χ2n) is 6.25. The Hall–Kier alpha value is -1.66. The first kappa shape index (κ1) is 14.9. The summed E-state index contributed by atoms with van der Waals surface area (Å²) in [6.07, 6.45) is 4.15. The minimum Gasteiger partial charge on any atom is -0.334 e. The first-order valence-corrected chi connectivity index (χ1v) is 9.36. The van der Waals surface area contributed by atoms with Crippen LogP contribution in [0.15, 0.2) is 29.4 Å². The molecule has 0 atom stereocenters. The molecule has 120 valence electrons. The normalized spacial score (nSPS) is 16.4. The lowest BCUT2D eigenvalue weighted by molar-refractivity contribution is -0.902. The third kappa shape index (κ3) is 2.93. The molecule has 0 aliphatic carbocycles. The van der Waals surface area contributed by atoms with Gasteiger partial charge in [-0.15, -0.1) is 10.2 Å². The molecule has 1 saturated heterocycles. The van der Waals surface area contributed by atoms with Gasteiger partial charge in [0, 0.05) is 12.4 Å². The maximum Gasteiger partial charge on any atom is 0.210 e. The highest BCUT2D eigenvalue weighted by molar-refractivity contribution is 7.99. The molecule has 2 aromatic heterocycles. The first-order chi connectivity index (χ1) is 11.3. The molecule has 1 fully saturated rings. The summed E-state index contributed by atoms with van der Waals surface area (Å²) in [4.78, 5) is 6.49. The van der Waals surface area contributed by atoms with Crippen LogP contribution in [0.5, 0.6) is 0 Å². The number of rotatable bonds is 4. The van der Waals surface area contributed by atoms with Gasteiger partial charge in [-0.05, 0) is 25.3 Å². The number of nitrogens with one attached hydrogen (secondary N) is 1. The summed E-state index contributed by atoms with van der Waals surface area (Å²) in [6.45, 7) is 3.84. The predicted molar refractivity (Wildman–Crippen MR) is 93.9 cm³/mol. The van der Waals surface area contributed by atoms with Gasteiger partial charge in [0.05, 0.1) is 30.9 Å².